The molecule has 0 aromatic heterocycles. The summed E-state index contributed by atoms with van der Waals surface area (Å²) in [5.41, 5.74) is -0.834. The second-order valence-corrected chi connectivity index (χ2v) is 3.82. The Labute approximate surface area is 101 Å². The molecule has 98 valence electrons. The number of carboxylic acids is 1. The lowest BCUT2D eigenvalue weighted by Crippen LogP contribution is -2.24. The zero-order valence-electron chi connectivity index (χ0n) is 9.76. The number of carbonyl (C=O) groups is 2. The average Bonchev–Trinajstić information content (AvgIpc) is 2.31. The van der Waals surface area contributed by atoms with E-state index in [1.54, 1.807) is 0 Å². The molecule has 0 fully saturated rings. The van der Waals surface area contributed by atoms with Gasteiger partial charge in [-0.25, -0.2) is 13.2 Å². The number of Topliss-reactive ketones (excluding diaryl/α,β-unsaturated/α-hetero) is 1. The average molecular weight is 260 g/mol. The topological polar surface area (TPSA) is 54.4 Å². The summed E-state index contributed by atoms with van der Waals surface area (Å²) in [5.74, 6) is -8.37. The maximum atomic E-state index is 13.3. The monoisotopic (exact) mass is 260 g/mol. The van der Waals surface area contributed by atoms with Gasteiger partial charge in [0.25, 0.3) is 0 Å². The van der Waals surface area contributed by atoms with Crippen LogP contribution >= 0.6 is 0 Å². The van der Waals surface area contributed by atoms with Crippen LogP contribution in [-0.2, 0) is 4.79 Å². The summed E-state index contributed by atoms with van der Waals surface area (Å²) in [6.07, 6.45) is -0.0196. The SMILES string of the molecule is CCC(C(=O)O)C(=O)c1cc(F)c(F)c(F)c1C. The molecule has 0 aliphatic carbocycles. The minimum absolute atomic E-state index is 0.0196. The van der Waals surface area contributed by atoms with E-state index in [9.17, 15) is 22.8 Å². The first-order chi connectivity index (χ1) is 8.31. The number of benzene rings is 1. The van der Waals surface area contributed by atoms with E-state index in [0.29, 0.717) is 6.07 Å². The Balaban J connectivity index is 3.34. The maximum Gasteiger partial charge on any atom is 0.314 e. The molecule has 0 aliphatic rings. The number of ketones is 1. The number of halogens is 3. The summed E-state index contributed by atoms with van der Waals surface area (Å²) in [7, 11) is 0. The van der Waals surface area contributed by atoms with E-state index in [2.05, 4.69) is 0 Å². The van der Waals surface area contributed by atoms with Gasteiger partial charge in [0.1, 0.15) is 5.92 Å². The molecule has 0 heterocycles. The highest BCUT2D eigenvalue weighted by Gasteiger charge is 2.29. The Hall–Kier alpha value is -1.85. The second kappa shape index (κ2) is 5.20. The standard InChI is InChI=1S/C12H11F3O3/c1-3-6(12(17)18)11(16)7-4-8(13)10(15)9(14)5(7)2/h4,6H,3H2,1-2H3,(H,17,18). The van der Waals surface area contributed by atoms with Gasteiger partial charge in [0, 0.05) is 5.56 Å². The fraction of sp³-hybridized carbons (Fsp3) is 0.333. The van der Waals surface area contributed by atoms with Crippen molar-refractivity contribution >= 4 is 11.8 Å². The lowest BCUT2D eigenvalue weighted by Gasteiger charge is -2.12. The van der Waals surface area contributed by atoms with Gasteiger partial charge in [-0.3, -0.25) is 9.59 Å². The lowest BCUT2D eigenvalue weighted by molar-refractivity contribution is -0.140. The minimum Gasteiger partial charge on any atom is -0.481 e. The molecule has 1 rings (SSSR count). The molecule has 0 bridgehead atoms. The molecule has 0 radical (unpaired) electrons. The Kier molecular flexibility index (Phi) is 4.11. The smallest absolute Gasteiger partial charge is 0.314 e. The fourth-order valence-electron chi connectivity index (χ4n) is 1.60. The van der Waals surface area contributed by atoms with E-state index in [1.165, 1.54) is 6.92 Å². The molecular weight excluding hydrogens is 249 g/mol. The van der Waals surface area contributed by atoms with Crippen molar-refractivity contribution in [2.45, 2.75) is 20.3 Å². The third kappa shape index (κ3) is 2.37. The van der Waals surface area contributed by atoms with Crippen LogP contribution in [0.15, 0.2) is 6.07 Å². The summed E-state index contributed by atoms with van der Waals surface area (Å²) in [5, 5.41) is 8.81. The fourth-order valence-corrected chi connectivity index (χ4v) is 1.60. The van der Waals surface area contributed by atoms with Gasteiger partial charge in [-0.15, -0.1) is 0 Å². The van der Waals surface area contributed by atoms with Crippen LogP contribution in [0.1, 0.15) is 29.3 Å². The maximum absolute atomic E-state index is 13.3. The van der Waals surface area contributed by atoms with Crippen LogP contribution in [0.5, 0.6) is 0 Å². The predicted octanol–water partition coefficient (Wildman–Crippen LogP) is 2.71. The molecule has 6 heteroatoms. The molecule has 1 atom stereocenters. The molecular formula is C12H11F3O3. The first-order valence-corrected chi connectivity index (χ1v) is 5.22. The van der Waals surface area contributed by atoms with Gasteiger partial charge in [-0.2, -0.15) is 0 Å². The van der Waals surface area contributed by atoms with Crippen molar-refractivity contribution in [2.75, 3.05) is 0 Å². The number of hydrogen-bond donors (Lipinski definition) is 1. The van der Waals surface area contributed by atoms with Crippen LogP contribution < -0.4 is 0 Å². The summed E-state index contributed by atoms with van der Waals surface area (Å²) < 4.78 is 39.2. The summed E-state index contributed by atoms with van der Waals surface area (Å²) in [6, 6.07) is 0.529. The van der Waals surface area contributed by atoms with E-state index >= 15 is 0 Å². The van der Waals surface area contributed by atoms with Crippen LogP contribution in [0.2, 0.25) is 0 Å². The number of aliphatic carboxylic acids is 1. The first-order valence-electron chi connectivity index (χ1n) is 5.22. The highest BCUT2D eigenvalue weighted by atomic mass is 19.2. The van der Waals surface area contributed by atoms with Gasteiger partial charge in [0.2, 0.25) is 0 Å². The Morgan fingerprint density at radius 3 is 2.28 bits per heavy atom. The third-order valence-corrected chi connectivity index (χ3v) is 2.69. The van der Waals surface area contributed by atoms with E-state index in [1.807, 2.05) is 0 Å². The Morgan fingerprint density at radius 1 is 1.28 bits per heavy atom. The molecule has 0 spiro atoms. The molecule has 1 aromatic carbocycles. The van der Waals surface area contributed by atoms with E-state index in [4.69, 9.17) is 5.11 Å². The molecule has 0 saturated carbocycles. The van der Waals surface area contributed by atoms with E-state index < -0.39 is 46.2 Å². The van der Waals surface area contributed by atoms with Gasteiger partial charge >= 0.3 is 5.97 Å². The van der Waals surface area contributed by atoms with Crippen molar-refractivity contribution < 1.29 is 27.9 Å². The van der Waals surface area contributed by atoms with E-state index in [-0.39, 0.29) is 6.42 Å². The number of carbonyl (C=O) groups excluding carboxylic acids is 1. The Morgan fingerprint density at radius 2 is 1.83 bits per heavy atom. The van der Waals surface area contributed by atoms with Gasteiger partial charge in [0.15, 0.2) is 23.2 Å². The summed E-state index contributed by atoms with van der Waals surface area (Å²) >= 11 is 0. The Bertz CT molecular complexity index is 512. The van der Waals surface area contributed by atoms with Crippen LogP contribution in [0.3, 0.4) is 0 Å². The van der Waals surface area contributed by atoms with Crippen LogP contribution in [0.4, 0.5) is 13.2 Å². The van der Waals surface area contributed by atoms with E-state index in [0.717, 1.165) is 6.92 Å². The highest BCUT2D eigenvalue weighted by Crippen LogP contribution is 2.23. The third-order valence-electron chi connectivity index (χ3n) is 2.69. The van der Waals surface area contributed by atoms with Crippen LogP contribution in [0, 0.1) is 30.3 Å². The predicted molar refractivity (Wildman–Crippen MR) is 56.8 cm³/mol. The van der Waals surface area contributed by atoms with Crippen LogP contribution in [-0.4, -0.2) is 16.9 Å². The molecule has 18 heavy (non-hydrogen) atoms. The van der Waals surface area contributed by atoms with Crippen molar-refractivity contribution in [1.82, 2.24) is 0 Å². The normalized spacial score (nSPS) is 12.3. The number of rotatable bonds is 4. The van der Waals surface area contributed by atoms with Gasteiger partial charge < -0.3 is 5.11 Å². The molecule has 3 nitrogen and oxygen atoms in total. The number of hydrogen-bond acceptors (Lipinski definition) is 2. The largest absolute Gasteiger partial charge is 0.481 e. The molecule has 1 unspecified atom stereocenters. The molecule has 1 aromatic rings. The summed E-state index contributed by atoms with van der Waals surface area (Å²) in [4.78, 5) is 22.6. The minimum atomic E-state index is -1.67. The lowest BCUT2D eigenvalue weighted by atomic mass is 9.92. The summed E-state index contributed by atoms with van der Waals surface area (Å²) in [6.45, 7) is 2.56. The number of carboxylic acid groups (broad SMARTS) is 1. The second-order valence-electron chi connectivity index (χ2n) is 3.82. The van der Waals surface area contributed by atoms with Crippen molar-refractivity contribution in [3.63, 3.8) is 0 Å². The quantitative estimate of drug-likeness (QED) is 0.514. The molecule has 0 amide bonds. The zero-order valence-corrected chi connectivity index (χ0v) is 9.76. The van der Waals surface area contributed by atoms with Crippen LogP contribution in [0.25, 0.3) is 0 Å². The van der Waals surface area contributed by atoms with Gasteiger partial charge in [-0.05, 0) is 25.0 Å². The molecule has 0 aliphatic heterocycles. The molecule has 1 N–H and O–H groups in total. The van der Waals surface area contributed by atoms with Gasteiger partial charge in [-0.1, -0.05) is 6.92 Å². The van der Waals surface area contributed by atoms with Crippen molar-refractivity contribution in [1.29, 1.82) is 0 Å². The zero-order chi connectivity index (χ0) is 14.0. The van der Waals surface area contributed by atoms with Gasteiger partial charge in [0.05, 0.1) is 0 Å². The van der Waals surface area contributed by atoms with Crippen molar-refractivity contribution in [2.24, 2.45) is 5.92 Å². The highest BCUT2D eigenvalue weighted by molar-refractivity contribution is 6.08. The van der Waals surface area contributed by atoms with Crippen molar-refractivity contribution in [3.05, 3.63) is 34.6 Å². The van der Waals surface area contributed by atoms with Crippen molar-refractivity contribution in [3.8, 4) is 0 Å². The first kappa shape index (κ1) is 14.2. The molecule has 0 saturated heterocycles.